The van der Waals surface area contributed by atoms with Gasteiger partial charge >= 0.3 is 0 Å². The Morgan fingerprint density at radius 2 is 2.31 bits per heavy atom. The number of halogens is 1. The van der Waals surface area contributed by atoms with Gasteiger partial charge in [-0.25, -0.2) is 4.98 Å². The molecule has 16 heavy (non-hydrogen) atoms. The lowest BCUT2D eigenvalue weighted by molar-refractivity contribution is 0.621. The molecule has 0 N–H and O–H groups in total. The molecular weight excluding hydrogens is 264 g/mol. The average Bonchev–Trinajstić information content (AvgIpc) is 2.53. The summed E-state index contributed by atoms with van der Waals surface area (Å²) in [7, 11) is 0. The molecule has 1 aliphatic heterocycles. The predicted molar refractivity (Wildman–Crippen MR) is 72.4 cm³/mol. The minimum Gasteiger partial charge on any atom is -0.353 e. The summed E-state index contributed by atoms with van der Waals surface area (Å²) in [5.41, 5.74) is 1.29. The molecule has 2 nitrogen and oxygen atoms in total. The summed E-state index contributed by atoms with van der Waals surface area (Å²) >= 11 is 3.63. The Labute approximate surface area is 106 Å². The number of aryl methyl sites for hydroxylation is 1. The number of rotatable bonds is 2. The summed E-state index contributed by atoms with van der Waals surface area (Å²) in [5.74, 6) is 1.14. The van der Waals surface area contributed by atoms with Crippen molar-refractivity contribution in [3.63, 3.8) is 0 Å². The second-order valence-corrected chi connectivity index (χ2v) is 5.19. The summed E-state index contributed by atoms with van der Waals surface area (Å²) in [5, 5.41) is 1.04. The minimum atomic E-state index is 0.608. The molecule has 1 atom stereocenters. The van der Waals surface area contributed by atoms with Gasteiger partial charge in [-0.05, 0) is 37.5 Å². The Balaban J connectivity index is 2.21. The third-order valence-corrected chi connectivity index (χ3v) is 4.00. The Bertz CT molecular complexity index is 340. The highest BCUT2D eigenvalue weighted by atomic mass is 79.9. The lowest BCUT2D eigenvalue weighted by atomic mass is 10.1. The maximum Gasteiger partial charge on any atom is 0.129 e. The summed E-state index contributed by atoms with van der Waals surface area (Å²) in [6.07, 6.45) is 7.19. The van der Waals surface area contributed by atoms with Crippen LogP contribution in [0.5, 0.6) is 0 Å². The minimum absolute atomic E-state index is 0.608. The van der Waals surface area contributed by atoms with E-state index in [0.717, 1.165) is 17.7 Å². The van der Waals surface area contributed by atoms with Crippen molar-refractivity contribution >= 4 is 21.7 Å². The van der Waals surface area contributed by atoms with Crippen molar-refractivity contribution in [3.05, 3.63) is 23.9 Å². The summed E-state index contributed by atoms with van der Waals surface area (Å²) in [4.78, 5) is 6.98. The zero-order valence-electron chi connectivity index (χ0n) is 9.82. The van der Waals surface area contributed by atoms with Crippen LogP contribution in [0.15, 0.2) is 18.3 Å². The monoisotopic (exact) mass is 282 g/mol. The summed E-state index contributed by atoms with van der Waals surface area (Å²) in [6.45, 7) is 3.28. The zero-order chi connectivity index (χ0) is 11.4. The van der Waals surface area contributed by atoms with Gasteiger partial charge in [0.2, 0.25) is 0 Å². The number of pyridine rings is 1. The van der Waals surface area contributed by atoms with Crippen LogP contribution in [0.25, 0.3) is 0 Å². The van der Waals surface area contributed by atoms with Crippen molar-refractivity contribution in [2.24, 2.45) is 0 Å². The number of anilines is 1. The van der Waals surface area contributed by atoms with E-state index in [-0.39, 0.29) is 0 Å². The van der Waals surface area contributed by atoms with Crippen LogP contribution in [0.3, 0.4) is 0 Å². The first-order valence-corrected chi connectivity index (χ1v) is 7.18. The molecule has 0 radical (unpaired) electrons. The van der Waals surface area contributed by atoms with Crippen LogP contribution in [0, 0.1) is 6.92 Å². The highest BCUT2D eigenvalue weighted by molar-refractivity contribution is 9.09. The Morgan fingerprint density at radius 3 is 3.06 bits per heavy atom. The van der Waals surface area contributed by atoms with Crippen LogP contribution in [-0.4, -0.2) is 22.9 Å². The number of aromatic nitrogens is 1. The fraction of sp³-hybridized carbons (Fsp3) is 0.615. The molecule has 3 heteroatoms. The first-order valence-electron chi connectivity index (χ1n) is 6.06. The molecule has 1 unspecified atom stereocenters. The van der Waals surface area contributed by atoms with Crippen LogP contribution < -0.4 is 4.90 Å². The van der Waals surface area contributed by atoms with E-state index in [1.165, 1.54) is 31.2 Å². The van der Waals surface area contributed by atoms with E-state index >= 15 is 0 Å². The van der Waals surface area contributed by atoms with Crippen molar-refractivity contribution < 1.29 is 0 Å². The quantitative estimate of drug-likeness (QED) is 0.772. The van der Waals surface area contributed by atoms with Crippen LogP contribution in [-0.2, 0) is 0 Å². The molecule has 88 valence electrons. The normalized spacial score (nSPS) is 21.9. The van der Waals surface area contributed by atoms with E-state index in [4.69, 9.17) is 0 Å². The predicted octanol–water partition coefficient (Wildman–Crippen LogP) is 3.53. The second-order valence-electron chi connectivity index (χ2n) is 4.54. The number of nitrogens with zero attached hydrogens (tertiary/aromatic N) is 2. The molecule has 0 bridgehead atoms. The van der Waals surface area contributed by atoms with Crippen molar-refractivity contribution in [1.29, 1.82) is 0 Å². The van der Waals surface area contributed by atoms with E-state index in [1.54, 1.807) is 0 Å². The molecule has 1 aromatic heterocycles. The fourth-order valence-corrected chi connectivity index (χ4v) is 2.99. The zero-order valence-corrected chi connectivity index (χ0v) is 11.4. The van der Waals surface area contributed by atoms with Crippen LogP contribution in [0.1, 0.15) is 31.2 Å². The highest BCUT2D eigenvalue weighted by Gasteiger charge is 2.20. The maximum atomic E-state index is 4.51. The Morgan fingerprint density at radius 1 is 1.44 bits per heavy atom. The fourth-order valence-electron chi connectivity index (χ4n) is 2.32. The van der Waals surface area contributed by atoms with E-state index in [9.17, 15) is 0 Å². The third kappa shape index (κ3) is 2.76. The molecule has 0 aliphatic carbocycles. The van der Waals surface area contributed by atoms with E-state index < -0.39 is 0 Å². The van der Waals surface area contributed by atoms with Crippen molar-refractivity contribution in [2.75, 3.05) is 16.8 Å². The molecule has 1 aliphatic rings. The lowest BCUT2D eigenvalue weighted by Gasteiger charge is -2.30. The summed E-state index contributed by atoms with van der Waals surface area (Å²) in [6, 6.07) is 4.86. The first kappa shape index (κ1) is 11.9. The smallest absolute Gasteiger partial charge is 0.129 e. The van der Waals surface area contributed by atoms with E-state index in [0.29, 0.717) is 6.04 Å². The van der Waals surface area contributed by atoms with Gasteiger partial charge in [-0.15, -0.1) is 0 Å². The first-order chi connectivity index (χ1) is 7.81. The maximum absolute atomic E-state index is 4.51. The van der Waals surface area contributed by atoms with Gasteiger partial charge in [0.05, 0.1) is 0 Å². The molecule has 2 heterocycles. The number of hydrogen-bond donors (Lipinski definition) is 0. The molecule has 0 spiro atoms. The Kier molecular flexibility index (Phi) is 4.22. The van der Waals surface area contributed by atoms with Crippen LogP contribution in [0.4, 0.5) is 5.82 Å². The standard InChI is InChI=1S/C13H19BrN2/c1-11-6-7-15-13(9-11)16-8-4-2-3-5-12(16)10-14/h6-7,9,12H,2-5,8,10H2,1H3. The van der Waals surface area contributed by atoms with Gasteiger partial charge in [0, 0.05) is 24.1 Å². The van der Waals surface area contributed by atoms with Gasteiger partial charge in [-0.3, -0.25) is 0 Å². The molecule has 0 amide bonds. The van der Waals surface area contributed by atoms with Crippen molar-refractivity contribution in [3.8, 4) is 0 Å². The molecule has 1 fully saturated rings. The molecule has 2 rings (SSSR count). The summed E-state index contributed by atoms with van der Waals surface area (Å²) < 4.78 is 0. The second kappa shape index (κ2) is 5.67. The molecular formula is C13H19BrN2. The topological polar surface area (TPSA) is 16.1 Å². The molecule has 0 aromatic carbocycles. The van der Waals surface area contributed by atoms with Gasteiger partial charge in [-0.1, -0.05) is 28.8 Å². The largest absolute Gasteiger partial charge is 0.353 e. The van der Waals surface area contributed by atoms with Crippen LogP contribution in [0.2, 0.25) is 0 Å². The van der Waals surface area contributed by atoms with Gasteiger partial charge in [0.25, 0.3) is 0 Å². The van der Waals surface area contributed by atoms with Crippen molar-refractivity contribution in [2.45, 2.75) is 38.6 Å². The van der Waals surface area contributed by atoms with E-state index in [2.05, 4.69) is 44.9 Å². The molecule has 0 saturated carbocycles. The SMILES string of the molecule is Cc1ccnc(N2CCCCCC2CBr)c1. The van der Waals surface area contributed by atoms with Gasteiger partial charge in [0.1, 0.15) is 5.82 Å². The highest BCUT2D eigenvalue weighted by Crippen LogP contribution is 2.24. The Hall–Kier alpha value is -0.570. The van der Waals surface area contributed by atoms with Gasteiger partial charge in [0.15, 0.2) is 0 Å². The molecule has 1 aromatic rings. The number of alkyl halides is 1. The molecule has 1 saturated heterocycles. The third-order valence-electron chi connectivity index (χ3n) is 3.25. The van der Waals surface area contributed by atoms with Crippen LogP contribution >= 0.6 is 15.9 Å². The van der Waals surface area contributed by atoms with E-state index in [1.807, 2.05) is 6.20 Å². The van der Waals surface area contributed by atoms with Crippen molar-refractivity contribution in [1.82, 2.24) is 4.98 Å². The van der Waals surface area contributed by atoms with Gasteiger partial charge in [-0.2, -0.15) is 0 Å². The lowest BCUT2D eigenvalue weighted by Crippen LogP contribution is -2.36. The van der Waals surface area contributed by atoms with Gasteiger partial charge < -0.3 is 4.90 Å². The number of hydrogen-bond acceptors (Lipinski definition) is 2. The average molecular weight is 283 g/mol.